The molecule has 38 heavy (non-hydrogen) atoms. The van der Waals surface area contributed by atoms with E-state index in [1.165, 1.54) is 112 Å². The van der Waals surface area contributed by atoms with Gasteiger partial charge in [0.15, 0.2) is 0 Å². The van der Waals surface area contributed by atoms with E-state index in [2.05, 4.69) is 67.6 Å². The first-order chi connectivity index (χ1) is 18.7. The summed E-state index contributed by atoms with van der Waals surface area (Å²) < 4.78 is 0. The maximum atomic E-state index is 6.00. The van der Waals surface area contributed by atoms with Crippen molar-refractivity contribution < 1.29 is 0 Å². The van der Waals surface area contributed by atoms with E-state index in [1.807, 2.05) is 12.1 Å². The molecule has 0 saturated heterocycles. The smallest absolute Gasteiger partial charge is 0.0406 e. The molecule has 3 aromatic rings. The Bertz CT molecular complexity index is 1020. The second-order valence-corrected chi connectivity index (χ2v) is 12.3. The van der Waals surface area contributed by atoms with Crippen molar-refractivity contribution in [2.75, 3.05) is 0 Å². The van der Waals surface area contributed by atoms with Crippen molar-refractivity contribution in [1.29, 1.82) is 0 Å². The van der Waals surface area contributed by atoms with E-state index in [4.69, 9.17) is 11.6 Å². The zero-order valence-electron chi connectivity index (χ0n) is 23.8. The molecule has 0 atom stereocenters. The van der Waals surface area contributed by atoms with Crippen molar-refractivity contribution in [3.63, 3.8) is 0 Å². The standard InChI is InChI=1S/C37H49Cl/c1-2-3-4-5-6-7-30-8-10-31(11-9-30)12-13-32-14-16-33(17-15-32)18-19-34-20-22-35(23-21-34)24-25-36-26-28-37(38)29-27-36/h8-11,20-23,26-29,32-33H,2-7,12-19,24-25H2,1H3. The van der Waals surface area contributed by atoms with E-state index < -0.39 is 0 Å². The Morgan fingerprint density at radius 3 is 1.29 bits per heavy atom. The summed E-state index contributed by atoms with van der Waals surface area (Å²) in [6.07, 6.45) is 21.2. The first-order valence-corrected chi connectivity index (χ1v) is 16.0. The minimum absolute atomic E-state index is 0.816. The monoisotopic (exact) mass is 528 g/mol. The zero-order chi connectivity index (χ0) is 26.4. The molecule has 4 rings (SSSR count). The molecule has 0 unspecified atom stereocenters. The van der Waals surface area contributed by atoms with Gasteiger partial charge in [-0.25, -0.2) is 0 Å². The van der Waals surface area contributed by atoms with Gasteiger partial charge in [-0.15, -0.1) is 0 Å². The molecule has 1 fully saturated rings. The summed E-state index contributed by atoms with van der Waals surface area (Å²) in [5.74, 6) is 1.86. The summed E-state index contributed by atoms with van der Waals surface area (Å²) in [5.41, 5.74) is 7.36. The quantitative estimate of drug-likeness (QED) is 0.172. The zero-order valence-corrected chi connectivity index (χ0v) is 24.5. The normalized spacial score (nSPS) is 17.5. The van der Waals surface area contributed by atoms with Crippen LogP contribution in [0.15, 0.2) is 72.8 Å². The largest absolute Gasteiger partial charge is 0.0843 e. The van der Waals surface area contributed by atoms with Crippen LogP contribution >= 0.6 is 11.6 Å². The molecule has 1 saturated carbocycles. The number of halogens is 1. The van der Waals surface area contributed by atoms with E-state index in [-0.39, 0.29) is 0 Å². The number of rotatable bonds is 15. The molecule has 1 aliphatic rings. The topological polar surface area (TPSA) is 0 Å². The summed E-state index contributed by atoms with van der Waals surface area (Å²) in [6, 6.07) is 27.2. The van der Waals surface area contributed by atoms with Crippen LogP contribution < -0.4 is 0 Å². The lowest BCUT2D eigenvalue weighted by atomic mass is 9.77. The van der Waals surface area contributed by atoms with Gasteiger partial charge in [0.25, 0.3) is 0 Å². The molecule has 0 aromatic heterocycles. The van der Waals surface area contributed by atoms with E-state index >= 15 is 0 Å². The highest BCUT2D eigenvalue weighted by atomic mass is 35.5. The van der Waals surface area contributed by atoms with Crippen LogP contribution in [0.2, 0.25) is 5.02 Å². The fourth-order valence-corrected chi connectivity index (χ4v) is 6.29. The molecular weight excluding hydrogens is 480 g/mol. The first kappa shape index (κ1) is 28.9. The third kappa shape index (κ3) is 10.3. The van der Waals surface area contributed by atoms with Crippen molar-refractivity contribution in [2.24, 2.45) is 11.8 Å². The Morgan fingerprint density at radius 2 is 0.842 bits per heavy atom. The average molecular weight is 529 g/mol. The molecule has 3 aromatic carbocycles. The molecular formula is C37H49Cl. The lowest BCUT2D eigenvalue weighted by molar-refractivity contribution is 0.253. The Kier molecular flexibility index (Phi) is 12.3. The number of hydrogen-bond acceptors (Lipinski definition) is 0. The second kappa shape index (κ2) is 16.1. The summed E-state index contributed by atoms with van der Waals surface area (Å²) in [6.45, 7) is 2.29. The predicted molar refractivity (Wildman–Crippen MR) is 166 cm³/mol. The van der Waals surface area contributed by atoms with Crippen molar-refractivity contribution in [3.8, 4) is 0 Å². The molecule has 0 aliphatic heterocycles. The second-order valence-electron chi connectivity index (χ2n) is 11.9. The molecule has 0 spiro atoms. The van der Waals surface area contributed by atoms with Crippen molar-refractivity contribution >= 4 is 11.6 Å². The number of benzene rings is 3. The molecule has 1 aliphatic carbocycles. The van der Waals surface area contributed by atoms with Crippen LogP contribution in [0.5, 0.6) is 0 Å². The fourth-order valence-electron chi connectivity index (χ4n) is 6.17. The molecule has 0 amide bonds. The van der Waals surface area contributed by atoms with Crippen LogP contribution in [0.25, 0.3) is 0 Å². The molecule has 1 heteroatoms. The lowest BCUT2D eigenvalue weighted by Crippen LogP contribution is -2.15. The fraction of sp³-hybridized carbons (Fsp3) is 0.514. The molecule has 0 bridgehead atoms. The van der Waals surface area contributed by atoms with Gasteiger partial charge in [-0.2, -0.15) is 0 Å². The van der Waals surface area contributed by atoms with Crippen molar-refractivity contribution in [1.82, 2.24) is 0 Å². The van der Waals surface area contributed by atoms with Gasteiger partial charge in [-0.05, 0) is 103 Å². The van der Waals surface area contributed by atoms with E-state index in [9.17, 15) is 0 Å². The molecule has 0 radical (unpaired) electrons. The predicted octanol–water partition coefficient (Wildman–Crippen LogP) is 11.0. The van der Waals surface area contributed by atoms with Gasteiger partial charge in [0.2, 0.25) is 0 Å². The average Bonchev–Trinajstić information content (AvgIpc) is 2.96. The van der Waals surface area contributed by atoms with Gasteiger partial charge < -0.3 is 0 Å². The Balaban J connectivity index is 1.08. The molecule has 0 heterocycles. The van der Waals surface area contributed by atoms with Gasteiger partial charge in [-0.1, -0.05) is 131 Å². The summed E-state index contributed by atoms with van der Waals surface area (Å²) in [5, 5.41) is 0.816. The van der Waals surface area contributed by atoms with Gasteiger partial charge in [-0.3, -0.25) is 0 Å². The van der Waals surface area contributed by atoms with Gasteiger partial charge >= 0.3 is 0 Å². The Labute approximate surface area is 238 Å². The highest BCUT2D eigenvalue weighted by Crippen LogP contribution is 2.34. The van der Waals surface area contributed by atoms with Crippen LogP contribution in [0.1, 0.15) is 105 Å². The third-order valence-corrected chi connectivity index (χ3v) is 9.13. The number of hydrogen-bond donors (Lipinski definition) is 0. The van der Waals surface area contributed by atoms with Gasteiger partial charge in [0, 0.05) is 5.02 Å². The summed E-state index contributed by atoms with van der Waals surface area (Å²) >= 11 is 6.00. The van der Waals surface area contributed by atoms with E-state index in [0.29, 0.717) is 0 Å². The SMILES string of the molecule is CCCCCCCc1ccc(CCC2CCC(CCc3ccc(CCc4ccc(Cl)cc4)cc3)CC2)cc1. The van der Waals surface area contributed by atoms with Gasteiger partial charge in [0.05, 0.1) is 0 Å². The third-order valence-electron chi connectivity index (χ3n) is 8.88. The van der Waals surface area contributed by atoms with Crippen molar-refractivity contribution in [2.45, 2.75) is 110 Å². The van der Waals surface area contributed by atoms with Crippen molar-refractivity contribution in [3.05, 3.63) is 106 Å². The minimum atomic E-state index is 0.816. The Hall–Kier alpha value is -2.05. The van der Waals surface area contributed by atoms with Crippen LogP contribution in [0.4, 0.5) is 0 Å². The molecule has 0 N–H and O–H groups in total. The highest BCUT2D eigenvalue weighted by molar-refractivity contribution is 6.30. The van der Waals surface area contributed by atoms with E-state index in [1.54, 1.807) is 5.56 Å². The maximum Gasteiger partial charge on any atom is 0.0406 e. The first-order valence-electron chi connectivity index (χ1n) is 15.6. The molecule has 204 valence electrons. The maximum absolute atomic E-state index is 6.00. The van der Waals surface area contributed by atoms with Crippen LogP contribution in [-0.4, -0.2) is 0 Å². The van der Waals surface area contributed by atoms with Gasteiger partial charge in [0.1, 0.15) is 0 Å². The Morgan fingerprint density at radius 1 is 0.474 bits per heavy atom. The number of aryl methyl sites for hydroxylation is 5. The molecule has 0 nitrogen and oxygen atoms in total. The number of unbranched alkanes of at least 4 members (excludes halogenated alkanes) is 4. The van der Waals surface area contributed by atoms with Crippen LogP contribution in [0.3, 0.4) is 0 Å². The lowest BCUT2D eigenvalue weighted by Gasteiger charge is -2.28. The minimum Gasteiger partial charge on any atom is -0.0843 e. The highest BCUT2D eigenvalue weighted by Gasteiger charge is 2.21. The van der Waals surface area contributed by atoms with Crippen LogP contribution in [0, 0.1) is 11.8 Å². The van der Waals surface area contributed by atoms with Crippen LogP contribution in [-0.2, 0) is 32.1 Å². The summed E-state index contributed by atoms with van der Waals surface area (Å²) in [4.78, 5) is 0. The summed E-state index contributed by atoms with van der Waals surface area (Å²) in [7, 11) is 0. The van der Waals surface area contributed by atoms with E-state index in [0.717, 1.165) is 29.7 Å².